The summed E-state index contributed by atoms with van der Waals surface area (Å²) in [6.07, 6.45) is 4.10. The van der Waals surface area contributed by atoms with Crippen LogP contribution in [0.3, 0.4) is 0 Å². The lowest BCUT2D eigenvalue weighted by Gasteiger charge is -2.40. The third kappa shape index (κ3) is 3.94. The van der Waals surface area contributed by atoms with Crippen molar-refractivity contribution in [1.82, 2.24) is 5.43 Å². The van der Waals surface area contributed by atoms with Crippen LogP contribution in [0.5, 0.6) is 0 Å². The normalized spacial score (nSPS) is 33.7. The van der Waals surface area contributed by atoms with Crippen molar-refractivity contribution in [1.29, 1.82) is 0 Å². The molecule has 0 bridgehead atoms. The molecular weight excluding hydrogens is 212 g/mol. The first-order chi connectivity index (χ1) is 7.99. The van der Waals surface area contributed by atoms with Gasteiger partial charge in [-0.1, -0.05) is 27.7 Å². The van der Waals surface area contributed by atoms with E-state index in [0.29, 0.717) is 11.8 Å². The molecule has 0 amide bonds. The molecule has 4 unspecified atom stereocenters. The van der Waals surface area contributed by atoms with Gasteiger partial charge >= 0.3 is 0 Å². The standard InChI is InChI=1S/C14H30N2O/c1-9(2)14(17-5)13(16-15)12-7-10(3)6-11(4)8-12/h9-14,16H,6-8,15H2,1-5H3. The molecule has 0 radical (unpaired) electrons. The van der Waals surface area contributed by atoms with E-state index in [1.54, 1.807) is 7.11 Å². The lowest BCUT2D eigenvalue weighted by Crippen LogP contribution is -2.53. The van der Waals surface area contributed by atoms with E-state index in [1.165, 1.54) is 19.3 Å². The minimum Gasteiger partial charge on any atom is -0.380 e. The Bertz CT molecular complexity index is 210. The zero-order valence-corrected chi connectivity index (χ0v) is 12.1. The number of nitrogens with two attached hydrogens (primary N) is 1. The van der Waals surface area contributed by atoms with E-state index in [9.17, 15) is 0 Å². The van der Waals surface area contributed by atoms with Crippen LogP contribution in [0.15, 0.2) is 0 Å². The highest BCUT2D eigenvalue weighted by Crippen LogP contribution is 2.36. The highest BCUT2D eigenvalue weighted by molar-refractivity contribution is 4.88. The van der Waals surface area contributed by atoms with E-state index >= 15 is 0 Å². The molecule has 1 aliphatic rings. The van der Waals surface area contributed by atoms with Crippen molar-refractivity contribution >= 4 is 0 Å². The Morgan fingerprint density at radius 2 is 1.65 bits per heavy atom. The van der Waals surface area contributed by atoms with Gasteiger partial charge in [-0.15, -0.1) is 0 Å². The molecule has 0 aromatic heterocycles. The van der Waals surface area contributed by atoms with Crippen LogP contribution >= 0.6 is 0 Å². The number of hydrogen-bond donors (Lipinski definition) is 2. The Kier molecular flexibility index (Phi) is 5.90. The molecule has 0 saturated heterocycles. The molecule has 102 valence electrons. The summed E-state index contributed by atoms with van der Waals surface area (Å²) in [4.78, 5) is 0. The van der Waals surface area contributed by atoms with Gasteiger partial charge in [0, 0.05) is 7.11 Å². The summed E-state index contributed by atoms with van der Waals surface area (Å²) in [6.45, 7) is 9.11. The summed E-state index contributed by atoms with van der Waals surface area (Å²) in [5.41, 5.74) is 3.02. The predicted octanol–water partition coefficient (Wildman–Crippen LogP) is 2.56. The zero-order chi connectivity index (χ0) is 13.0. The van der Waals surface area contributed by atoms with Gasteiger partial charge in [-0.25, -0.2) is 0 Å². The molecule has 0 aliphatic heterocycles. The molecule has 1 aliphatic carbocycles. The first kappa shape index (κ1) is 14.9. The van der Waals surface area contributed by atoms with Gasteiger partial charge in [-0.05, 0) is 42.9 Å². The summed E-state index contributed by atoms with van der Waals surface area (Å²) < 4.78 is 5.65. The third-order valence-corrected chi connectivity index (χ3v) is 4.20. The SMILES string of the molecule is COC(C(C)C)C(NN)C1CC(C)CC(C)C1. The van der Waals surface area contributed by atoms with Gasteiger partial charge in [-0.2, -0.15) is 0 Å². The molecule has 1 rings (SSSR count). The molecule has 1 fully saturated rings. The maximum atomic E-state index is 5.78. The van der Waals surface area contributed by atoms with Crippen LogP contribution in [0, 0.1) is 23.7 Å². The minimum absolute atomic E-state index is 0.211. The summed E-state index contributed by atoms with van der Waals surface area (Å²) >= 11 is 0. The minimum atomic E-state index is 0.211. The van der Waals surface area contributed by atoms with Crippen LogP contribution in [0.25, 0.3) is 0 Å². The Balaban J connectivity index is 2.71. The number of rotatable bonds is 5. The summed E-state index contributed by atoms with van der Waals surface area (Å²) in [7, 11) is 1.80. The summed E-state index contributed by atoms with van der Waals surface area (Å²) in [6, 6.07) is 0.283. The van der Waals surface area contributed by atoms with E-state index < -0.39 is 0 Å². The largest absolute Gasteiger partial charge is 0.380 e. The smallest absolute Gasteiger partial charge is 0.0763 e. The van der Waals surface area contributed by atoms with Crippen LogP contribution in [0.2, 0.25) is 0 Å². The molecule has 0 spiro atoms. The van der Waals surface area contributed by atoms with E-state index in [0.717, 1.165) is 11.8 Å². The number of hydrazine groups is 1. The Hall–Kier alpha value is -0.120. The van der Waals surface area contributed by atoms with E-state index in [2.05, 4.69) is 33.1 Å². The first-order valence-electron chi connectivity index (χ1n) is 6.98. The molecule has 1 saturated carbocycles. The molecule has 3 heteroatoms. The van der Waals surface area contributed by atoms with Crippen LogP contribution in [0.1, 0.15) is 47.0 Å². The van der Waals surface area contributed by atoms with Crippen molar-refractivity contribution in [3.63, 3.8) is 0 Å². The number of nitrogens with one attached hydrogen (secondary N) is 1. The number of hydrogen-bond acceptors (Lipinski definition) is 3. The van der Waals surface area contributed by atoms with Crippen molar-refractivity contribution in [2.24, 2.45) is 29.5 Å². The van der Waals surface area contributed by atoms with Crippen LogP contribution in [-0.2, 0) is 4.74 Å². The Morgan fingerprint density at radius 1 is 1.12 bits per heavy atom. The van der Waals surface area contributed by atoms with Crippen LogP contribution < -0.4 is 11.3 Å². The average molecular weight is 242 g/mol. The topological polar surface area (TPSA) is 47.3 Å². The fourth-order valence-corrected chi connectivity index (χ4v) is 3.64. The monoisotopic (exact) mass is 242 g/mol. The summed E-state index contributed by atoms with van der Waals surface area (Å²) in [5, 5.41) is 0. The zero-order valence-electron chi connectivity index (χ0n) is 12.1. The molecule has 4 atom stereocenters. The van der Waals surface area contributed by atoms with Gasteiger partial charge in [0.25, 0.3) is 0 Å². The number of methoxy groups -OCH3 is 1. The van der Waals surface area contributed by atoms with Crippen molar-refractivity contribution in [3.8, 4) is 0 Å². The van der Waals surface area contributed by atoms with E-state index in [4.69, 9.17) is 10.6 Å². The summed E-state index contributed by atoms with van der Waals surface area (Å²) in [5.74, 6) is 8.54. The molecule has 0 aromatic rings. The van der Waals surface area contributed by atoms with E-state index in [-0.39, 0.29) is 12.1 Å². The highest BCUT2D eigenvalue weighted by atomic mass is 16.5. The second kappa shape index (κ2) is 6.72. The molecule has 3 nitrogen and oxygen atoms in total. The van der Waals surface area contributed by atoms with Gasteiger partial charge < -0.3 is 4.74 Å². The van der Waals surface area contributed by atoms with Crippen molar-refractivity contribution < 1.29 is 4.74 Å². The Labute approximate surface area is 106 Å². The molecule has 0 aromatic carbocycles. The van der Waals surface area contributed by atoms with Crippen LogP contribution in [0.4, 0.5) is 0 Å². The van der Waals surface area contributed by atoms with E-state index in [1.807, 2.05) is 0 Å². The molecule has 3 N–H and O–H groups in total. The maximum absolute atomic E-state index is 5.78. The quantitative estimate of drug-likeness (QED) is 0.575. The predicted molar refractivity (Wildman–Crippen MR) is 72.4 cm³/mol. The fourth-order valence-electron chi connectivity index (χ4n) is 3.64. The molecule has 0 heterocycles. The van der Waals surface area contributed by atoms with Crippen molar-refractivity contribution in [2.45, 2.75) is 59.1 Å². The second-order valence-electron chi connectivity index (χ2n) is 6.31. The van der Waals surface area contributed by atoms with Gasteiger partial charge in [0.15, 0.2) is 0 Å². The van der Waals surface area contributed by atoms with Gasteiger partial charge in [-0.3, -0.25) is 11.3 Å². The Morgan fingerprint density at radius 3 is 2.00 bits per heavy atom. The molecule has 17 heavy (non-hydrogen) atoms. The van der Waals surface area contributed by atoms with Gasteiger partial charge in [0.1, 0.15) is 0 Å². The first-order valence-corrected chi connectivity index (χ1v) is 6.98. The van der Waals surface area contributed by atoms with Gasteiger partial charge in [0.2, 0.25) is 0 Å². The second-order valence-corrected chi connectivity index (χ2v) is 6.31. The van der Waals surface area contributed by atoms with Crippen LogP contribution in [-0.4, -0.2) is 19.3 Å². The maximum Gasteiger partial charge on any atom is 0.0763 e. The highest BCUT2D eigenvalue weighted by Gasteiger charge is 2.35. The average Bonchev–Trinajstić information content (AvgIpc) is 2.23. The molecular formula is C14H30N2O. The lowest BCUT2D eigenvalue weighted by atomic mass is 9.72. The fraction of sp³-hybridized carbons (Fsp3) is 1.00. The number of ether oxygens (including phenoxy) is 1. The van der Waals surface area contributed by atoms with Gasteiger partial charge in [0.05, 0.1) is 12.1 Å². The third-order valence-electron chi connectivity index (χ3n) is 4.20. The van der Waals surface area contributed by atoms with Crippen molar-refractivity contribution in [2.75, 3.05) is 7.11 Å². The van der Waals surface area contributed by atoms with Crippen molar-refractivity contribution in [3.05, 3.63) is 0 Å². The lowest BCUT2D eigenvalue weighted by molar-refractivity contribution is 0.000152.